The van der Waals surface area contributed by atoms with Crippen molar-refractivity contribution in [2.75, 3.05) is 12.4 Å². The first-order valence-corrected chi connectivity index (χ1v) is 6.81. The van der Waals surface area contributed by atoms with Crippen molar-refractivity contribution in [1.82, 2.24) is 0 Å². The number of benzene rings is 2. The van der Waals surface area contributed by atoms with Crippen LogP contribution in [0.2, 0.25) is 0 Å². The largest absolute Gasteiger partial charge is 0.461 e. The van der Waals surface area contributed by atoms with Crippen LogP contribution in [-0.4, -0.2) is 25.4 Å². The highest BCUT2D eigenvalue weighted by Crippen LogP contribution is 2.29. The van der Waals surface area contributed by atoms with E-state index in [2.05, 4.69) is 10.1 Å². The van der Waals surface area contributed by atoms with Gasteiger partial charge >= 0.3 is 12.5 Å². The SMILES string of the molecule is CNc1cc(C(=O)c2cc(F)cc(OC(F)(F)C(F)F)c2)ccc1F. The third-order valence-electron chi connectivity index (χ3n) is 3.14. The number of anilines is 1. The Morgan fingerprint density at radius 2 is 1.76 bits per heavy atom. The van der Waals surface area contributed by atoms with E-state index in [1.165, 1.54) is 7.05 Å². The average molecular weight is 363 g/mol. The molecule has 0 aliphatic rings. The minimum atomic E-state index is -4.84. The third kappa shape index (κ3) is 4.23. The lowest BCUT2D eigenvalue weighted by atomic mass is 10.0. The van der Waals surface area contributed by atoms with E-state index in [0.29, 0.717) is 12.1 Å². The molecule has 0 aliphatic carbocycles. The van der Waals surface area contributed by atoms with Crippen molar-refractivity contribution in [3.05, 3.63) is 59.2 Å². The second kappa shape index (κ2) is 7.04. The molecule has 0 saturated heterocycles. The van der Waals surface area contributed by atoms with Gasteiger partial charge in [0.05, 0.1) is 5.69 Å². The third-order valence-corrected chi connectivity index (χ3v) is 3.14. The fraction of sp³-hybridized carbons (Fsp3) is 0.188. The van der Waals surface area contributed by atoms with Gasteiger partial charge in [-0.3, -0.25) is 4.79 Å². The Labute approximate surface area is 138 Å². The van der Waals surface area contributed by atoms with E-state index in [1.807, 2.05) is 0 Å². The van der Waals surface area contributed by atoms with Crippen molar-refractivity contribution >= 4 is 11.5 Å². The molecule has 2 aromatic rings. The molecule has 0 amide bonds. The highest BCUT2D eigenvalue weighted by atomic mass is 19.3. The minimum absolute atomic E-state index is 0.0111. The highest BCUT2D eigenvalue weighted by molar-refractivity contribution is 6.09. The molecule has 0 heterocycles. The summed E-state index contributed by atoms with van der Waals surface area (Å²) in [6.07, 6.45) is -8.98. The fourth-order valence-electron chi connectivity index (χ4n) is 1.98. The topological polar surface area (TPSA) is 38.3 Å². The van der Waals surface area contributed by atoms with Gasteiger partial charge in [0.15, 0.2) is 5.78 Å². The van der Waals surface area contributed by atoms with Crippen molar-refractivity contribution < 1.29 is 35.9 Å². The number of ether oxygens (including phenoxy) is 1. The zero-order valence-corrected chi connectivity index (χ0v) is 12.6. The smallest absolute Gasteiger partial charge is 0.428 e. The van der Waals surface area contributed by atoms with E-state index in [0.717, 1.165) is 24.3 Å². The summed E-state index contributed by atoms with van der Waals surface area (Å²) in [5, 5.41) is 2.50. The molecule has 0 atom stereocenters. The van der Waals surface area contributed by atoms with Gasteiger partial charge in [0.1, 0.15) is 17.4 Å². The molecule has 0 saturated carbocycles. The van der Waals surface area contributed by atoms with Crippen molar-refractivity contribution in [3.63, 3.8) is 0 Å². The molecule has 1 N–H and O–H groups in total. The van der Waals surface area contributed by atoms with Crippen LogP contribution in [0, 0.1) is 11.6 Å². The van der Waals surface area contributed by atoms with Gasteiger partial charge in [0.2, 0.25) is 0 Å². The number of halogens is 6. The number of nitrogens with one attached hydrogen (secondary N) is 1. The molecule has 134 valence electrons. The Bertz CT molecular complexity index is 794. The van der Waals surface area contributed by atoms with E-state index in [4.69, 9.17) is 0 Å². The van der Waals surface area contributed by atoms with Gasteiger partial charge in [0.25, 0.3) is 0 Å². The highest BCUT2D eigenvalue weighted by Gasteiger charge is 2.44. The molecule has 0 unspecified atom stereocenters. The maximum atomic E-state index is 13.6. The summed E-state index contributed by atoms with van der Waals surface area (Å²) in [7, 11) is 1.41. The van der Waals surface area contributed by atoms with Crippen LogP contribution in [0.1, 0.15) is 15.9 Å². The molecule has 2 aromatic carbocycles. The summed E-state index contributed by atoms with van der Waals surface area (Å²) in [5.41, 5.74) is -0.500. The van der Waals surface area contributed by atoms with Crippen molar-refractivity contribution in [3.8, 4) is 5.75 Å². The second-order valence-electron chi connectivity index (χ2n) is 4.91. The first kappa shape index (κ1) is 18.6. The van der Waals surface area contributed by atoms with Crippen LogP contribution in [0.15, 0.2) is 36.4 Å². The predicted molar refractivity (Wildman–Crippen MR) is 77.4 cm³/mol. The number of rotatable bonds is 6. The zero-order valence-electron chi connectivity index (χ0n) is 12.6. The number of ketones is 1. The number of hydrogen-bond acceptors (Lipinski definition) is 3. The lowest BCUT2D eigenvalue weighted by Gasteiger charge is -2.17. The average Bonchev–Trinajstić information content (AvgIpc) is 2.53. The van der Waals surface area contributed by atoms with Crippen LogP contribution in [0.3, 0.4) is 0 Å². The molecule has 3 nitrogen and oxygen atoms in total. The number of hydrogen-bond donors (Lipinski definition) is 1. The van der Waals surface area contributed by atoms with Crippen molar-refractivity contribution in [2.45, 2.75) is 12.5 Å². The number of carbonyl (C=O) groups excluding carboxylic acids is 1. The maximum Gasteiger partial charge on any atom is 0.461 e. The van der Waals surface area contributed by atoms with Gasteiger partial charge in [0, 0.05) is 24.2 Å². The van der Waals surface area contributed by atoms with E-state index < -0.39 is 41.3 Å². The quantitative estimate of drug-likeness (QED) is 0.608. The second-order valence-corrected chi connectivity index (χ2v) is 4.91. The first-order chi connectivity index (χ1) is 11.6. The molecular weight excluding hydrogens is 352 g/mol. The van der Waals surface area contributed by atoms with Crippen LogP contribution in [-0.2, 0) is 0 Å². The molecule has 0 spiro atoms. The molecule has 0 aliphatic heterocycles. The lowest BCUT2D eigenvalue weighted by Crippen LogP contribution is -2.33. The molecule has 25 heavy (non-hydrogen) atoms. The standard InChI is InChI=1S/C16H11F6NO2/c1-23-13-6-8(2-3-12(13)18)14(24)9-4-10(17)7-11(5-9)25-16(21,22)15(19)20/h2-7,15,23H,1H3. The van der Waals surface area contributed by atoms with Gasteiger partial charge < -0.3 is 10.1 Å². The van der Waals surface area contributed by atoms with Crippen LogP contribution in [0.4, 0.5) is 32.0 Å². The van der Waals surface area contributed by atoms with Gasteiger partial charge in [-0.15, -0.1) is 0 Å². The summed E-state index contributed by atoms with van der Waals surface area (Å²) in [6.45, 7) is 0. The van der Waals surface area contributed by atoms with Crippen molar-refractivity contribution in [2.24, 2.45) is 0 Å². The molecule has 9 heteroatoms. The van der Waals surface area contributed by atoms with Crippen LogP contribution >= 0.6 is 0 Å². The summed E-state index contributed by atoms with van der Waals surface area (Å²) in [4.78, 5) is 12.3. The van der Waals surface area contributed by atoms with Crippen LogP contribution < -0.4 is 10.1 Å². The Morgan fingerprint density at radius 1 is 1.08 bits per heavy atom. The minimum Gasteiger partial charge on any atom is -0.428 e. The predicted octanol–water partition coefficient (Wildman–Crippen LogP) is 4.47. The van der Waals surface area contributed by atoms with Gasteiger partial charge in [-0.1, -0.05) is 0 Å². The Hall–Kier alpha value is -2.71. The zero-order chi connectivity index (χ0) is 18.8. The summed E-state index contributed by atoms with van der Waals surface area (Å²) in [5.74, 6) is -3.55. The summed E-state index contributed by atoms with van der Waals surface area (Å²) < 4.78 is 81.0. The lowest BCUT2D eigenvalue weighted by molar-refractivity contribution is -0.253. The number of carbonyl (C=O) groups is 1. The van der Waals surface area contributed by atoms with Gasteiger partial charge in [-0.25, -0.2) is 8.78 Å². The van der Waals surface area contributed by atoms with Gasteiger partial charge in [-0.05, 0) is 30.3 Å². The number of alkyl halides is 4. The molecule has 0 fully saturated rings. The Balaban J connectivity index is 2.38. The molecule has 2 rings (SSSR count). The van der Waals surface area contributed by atoms with Crippen molar-refractivity contribution in [1.29, 1.82) is 0 Å². The molecule has 0 aromatic heterocycles. The van der Waals surface area contributed by atoms with E-state index >= 15 is 0 Å². The molecule has 0 radical (unpaired) electrons. The van der Waals surface area contributed by atoms with E-state index in [1.54, 1.807) is 0 Å². The van der Waals surface area contributed by atoms with E-state index in [9.17, 15) is 31.1 Å². The summed E-state index contributed by atoms with van der Waals surface area (Å²) >= 11 is 0. The van der Waals surface area contributed by atoms with E-state index in [-0.39, 0.29) is 11.3 Å². The Kier molecular flexibility index (Phi) is 5.24. The fourth-order valence-corrected chi connectivity index (χ4v) is 1.98. The monoisotopic (exact) mass is 363 g/mol. The first-order valence-electron chi connectivity index (χ1n) is 6.81. The van der Waals surface area contributed by atoms with Gasteiger partial charge in [-0.2, -0.15) is 17.6 Å². The maximum absolute atomic E-state index is 13.6. The molecular formula is C16H11F6NO2. The van der Waals surface area contributed by atoms with Crippen LogP contribution in [0.25, 0.3) is 0 Å². The summed E-state index contributed by atoms with van der Waals surface area (Å²) in [6, 6.07) is 5.09. The Morgan fingerprint density at radius 3 is 2.36 bits per heavy atom. The normalized spacial score (nSPS) is 11.5. The van der Waals surface area contributed by atoms with Crippen LogP contribution in [0.5, 0.6) is 5.75 Å². The molecule has 0 bridgehead atoms.